The van der Waals surface area contributed by atoms with Crippen molar-refractivity contribution in [2.75, 3.05) is 24.5 Å². The molecule has 0 radical (unpaired) electrons. The minimum atomic E-state index is 0.564. The second-order valence-corrected chi connectivity index (χ2v) is 6.70. The number of fused-ring (bicyclic) bond motifs is 1. The highest BCUT2D eigenvalue weighted by Gasteiger charge is 2.41. The lowest BCUT2D eigenvalue weighted by Gasteiger charge is -2.25. The Morgan fingerprint density at radius 1 is 1.09 bits per heavy atom. The molecule has 3 heterocycles. The first kappa shape index (κ1) is 14.0. The summed E-state index contributed by atoms with van der Waals surface area (Å²) in [5, 5.41) is 0.564. The predicted molar refractivity (Wildman–Crippen MR) is 90.2 cm³/mol. The van der Waals surface area contributed by atoms with Crippen LogP contribution in [-0.4, -0.2) is 35.6 Å². The summed E-state index contributed by atoms with van der Waals surface area (Å²) in [7, 11) is 0. The first-order valence-electron chi connectivity index (χ1n) is 7.94. The van der Waals surface area contributed by atoms with E-state index in [1.807, 2.05) is 12.3 Å². The molecule has 22 heavy (non-hydrogen) atoms. The van der Waals surface area contributed by atoms with Crippen LogP contribution in [0.1, 0.15) is 12.0 Å². The van der Waals surface area contributed by atoms with E-state index in [1.54, 1.807) is 0 Å². The van der Waals surface area contributed by atoms with Gasteiger partial charge < -0.3 is 4.90 Å². The van der Waals surface area contributed by atoms with Gasteiger partial charge in [0.1, 0.15) is 5.15 Å². The van der Waals surface area contributed by atoms with Crippen molar-refractivity contribution in [3.63, 3.8) is 0 Å². The van der Waals surface area contributed by atoms with E-state index in [4.69, 9.17) is 11.6 Å². The van der Waals surface area contributed by atoms with Gasteiger partial charge in [-0.25, -0.2) is 4.98 Å². The zero-order valence-electron chi connectivity index (χ0n) is 12.5. The number of hydrogen-bond acceptors (Lipinski definition) is 3. The fourth-order valence-electron chi connectivity index (χ4n) is 3.83. The van der Waals surface area contributed by atoms with Crippen molar-refractivity contribution in [3.8, 4) is 0 Å². The van der Waals surface area contributed by atoms with Gasteiger partial charge in [0, 0.05) is 25.7 Å². The van der Waals surface area contributed by atoms with Crippen LogP contribution in [0.25, 0.3) is 0 Å². The van der Waals surface area contributed by atoms with E-state index in [9.17, 15) is 0 Å². The molecule has 0 bridgehead atoms. The molecule has 114 valence electrons. The van der Waals surface area contributed by atoms with Crippen LogP contribution in [0.3, 0.4) is 0 Å². The smallest absolute Gasteiger partial charge is 0.129 e. The van der Waals surface area contributed by atoms with E-state index < -0.39 is 0 Å². The first-order chi connectivity index (χ1) is 10.8. The van der Waals surface area contributed by atoms with Crippen LogP contribution >= 0.6 is 11.6 Å². The van der Waals surface area contributed by atoms with Gasteiger partial charge in [-0.1, -0.05) is 41.9 Å². The summed E-state index contributed by atoms with van der Waals surface area (Å²) in [6.45, 7) is 4.52. The van der Waals surface area contributed by atoms with Gasteiger partial charge in [-0.2, -0.15) is 0 Å². The summed E-state index contributed by atoms with van der Waals surface area (Å²) >= 11 is 5.89. The average Bonchev–Trinajstić information content (AvgIpc) is 3.11. The molecule has 2 aromatic rings. The predicted octanol–water partition coefficient (Wildman–Crippen LogP) is 3.45. The van der Waals surface area contributed by atoms with Crippen LogP contribution in [0.15, 0.2) is 48.7 Å². The van der Waals surface area contributed by atoms with Crippen LogP contribution in [0.4, 0.5) is 5.69 Å². The highest BCUT2D eigenvalue weighted by molar-refractivity contribution is 6.29. The molecule has 2 fully saturated rings. The summed E-state index contributed by atoms with van der Waals surface area (Å²) < 4.78 is 0. The molecule has 1 aromatic carbocycles. The molecule has 2 aliphatic heterocycles. The third kappa shape index (κ3) is 2.71. The van der Waals surface area contributed by atoms with Gasteiger partial charge >= 0.3 is 0 Å². The Morgan fingerprint density at radius 3 is 2.73 bits per heavy atom. The molecule has 2 aliphatic rings. The quantitative estimate of drug-likeness (QED) is 0.809. The van der Waals surface area contributed by atoms with Crippen molar-refractivity contribution in [2.24, 2.45) is 5.92 Å². The van der Waals surface area contributed by atoms with Crippen LogP contribution in [0.2, 0.25) is 5.15 Å². The maximum atomic E-state index is 5.89. The number of pyridine rings is 1. The number of likely N-dealkylation sites (tertiary alicyclic amines) is 1. The maximum Gasteiger partial charge on any atom is 0.129 e. The summed E-state index contributed by atoms with van der Waals surface area (Å²) in [5.41, 5.74) is 2.60. The third-order valence-corrected chi connectivity index (χ3v) is 5.19. The van der Waals surface area contributed by atoms with Gasteiger partial charge in [0.15, 0.2) is 0 Å². The molecule has 0 saturated carbocycles. The lowest BCUT2D eigenvalue weighted by Crippen LogP contribution is -2.34. The first-order valence-corrected chi connectivity index (χ1v) is 8.32. The van der Waals surface area contributed by atoms with Crippen LogP contribution in [0, 0.1) is 5.92 Å². The van der Waals surface area contributed by atoms with E-state index >= 15 is 0 Å². The number of rotatable bonds is 3. The molecule has 4 heteroatoms. The topological polar surface area (TPSA) is 19.4 Å². The van der Waals surface area contributed by atoms with Crippen molar-refractivity contribution >= 4 is 17.3 Å². The van der Waals surface area contributed by atoms with Gasteiger partial charge in [-0.3, -0.25) is 4.90 Å². The zero-order valence-corrected chi connectivity index (χ0v) is 13.3. The standard InChI is InChI=1S/C18H20ClN3/c19-18-7-6-16(10-20-18)22-12-15-8-9-21(17(15)13-22)11-14-4-2-1-3-5-14/h1-7,10,15,17H,8-9,11-13H2. The van der Waals surface area contributed by atoms with Crippen molar-refractivity contribution in [3.05, 3.63) is 59.4 Å². The molecule has 0 spiro atoms. The second kappa shape index (κ2) is 5.90. The van der Waals surface area contributed by atoms with E-state index in [-0.39, 0.29) is 0 Å². The molecule has 0 N–H and O–H groups in total. The van der Waals surface area contributed by atoms with Crippen LogP contribution < -0.4 is 4.90 Å². The largest absolute Gasteiger partial charge is 0.368 e. The number of hydrogen-bond donors (Lipinski definition) is 0. The molecule has 2 saturated heterocycles. The third-order valence-electron chi connectivity index (χ3n) is 4.97. The minimum Gasteiger partial charge on any atom is -0.368 e. The average molecular weight is 314 g/mol. The molecule has 2 unspecified atom stereocenters. The molecule has 2 atom stereocenters. The fraction of sp³-hybridized carbons (Fsp3) is 0.389. The fourth-order valence-corrected chi connectivity index (χ4v) is 3.94. The number of nitrogens with zero attached hydrogens (tertiary/aromatic N) is 3. The molecular formula is C18H20ClN3. The van der Waals surface area contributed by atoms with Crippen molar-refractivity contribution < 1.29 is 0 Å². The Hall–Kier alpha value is -1.58. The van der Waals surface area contributed by atoms with Gasteiger partial charge in [0.25, 0.3) is 0 Å². The summed E-state index contributed by atoms with van der Waals surface area (Å²) in [5.74, 6) is 0.777. The monoisotopic (exact) mass is 313 g/mol. The highest BCUT2D eigenvalue weighted by Crippen LogP contribution is 2.34. The van der Waals surface area contributed by atoms with Gasteiger partial charge in [0.2, 0.25) is 0 Å². The van der Waals surface area contributed by atoms with Gasteiger partial charge in [-0.15, -0.1) is 0 Å². The van der Waals surface area contributed by atoms with Crippen LogP contribution in [0.5, 0.6) is 0 Å². The Morgan fingerprint density at radius 2 is 1.95 bits per heavy atom. The highest BCUT2D eigenvalue weighted by atomic mass is 35.5. The molecule has 0 amide bonds. The minimum absolute atomic E-state index is 0.564. The summed E-state index contributed by atoms with van der Waals surface area (Å²) in [6, 6.07) is 15.4. The Bertz CT molecular complexity index is 629. The summed E-state index contributed by atoms with van der Waals surface area (Å²) in [4.78, 5) is 9.31. The van der Waals surface area contributed by atoms with E-state index in [0.717, 1.165) is 25.6 Å². The molecule has 0 aliphatic carbocycles. The number of benzene rings is 1. The molecular weight excluding hydrogens is 294 g/mol. The normalized spacial score (nSPS) is 24.7. The van der Waals surface area contributed by atoms with Crippen molar-refractivity contribution in [1.82, 2.24) is 9.88 Å². The number of aromatic nitrogens is 1. The molecule has 4 rings (SSSR count). The number of anilines is 1. The van der Waals surface area contributed by atoms with E-state index in [1.165, 1.54) is 24.2 Å². The lowest BCUT2D eigenvalue weighted by molar-refractivity contribution is 0.246. The zero-order chi connectivity index (χ0) is 14.9. The van der Waals surface area contributed by atoms with Crippen molar-refractivity contribution in [2.45, 2.75) is 19.0 Å². The van der Waals surface area contributed by atoms with Crippen LogP contribution in [-0.2, 0) is 6.54 Å². The Labute approximate surface area is 136 Å². The Kier molecular flexibility index (Phi) is 3.77. The molecule has 1 aromatic heterocycles. The van der Waals surface area contributed by atoms with Gasteiger partial charge in [0.05, 0.1) is 11.9 Å². The Balaban J connectivity index is 1.46. The number of halogens is 1. The maximum absolute atomic E-state index is 5.89. The summed E-state index contributed by atoms with van der Waals surface area (Å²) in [6.07, 6.45) is 3.19. The second-order valence-electron chi connectivity index (χ2n) is 6.32. The van der Waals surface area contributed by atoms with E-state index in [2.05, 4.69) is 51.2 Å². The van der Waals surface area contributed by atoms with Gasteiger partial charge in [-0.05, 0) is 36.6 Å². The van der Waals surface area contributed by atoms with Crippen molar-refractivity contribution in [1.29, 1.82) is 0 Å². The SMILES string of the molecule is Clc1ccc(N2CC3CCN(Cc4ccccc4)C3C2)cn1. The molecule has 3 nitrogen and oxygen atoms in total. The van der Waals surface area contributed by atoms with E-state index in [0.29, 0.717) is 11.2 Å². The lowest BCUT2D eigenvalue weighted by atomic mass is 10.0.